The standard InChI is InChI=1S/C15H23NO2/c1-17-14-9-5-3-7-12(14)11-16-13-8-4-6-10-15(13)18-2/h3,5,7,9,13,15-16H,4,6,8,10-11H2,1-2H3/p+1/t13-,15-/m0/s1. The third kappa shape index (κ3) is 3.24. The molecule has 2 rings (SSSR count). The Kier molecular flexibility index (Phi) is 5.02. The molecule has 1 aliphatic carbocycles. The van der Waals surface area contributed by atoms with Crippen molar-refractivity contribution < 1.29 is 14.8 Å². The summed E-state index contributed by atoms with van der Waals surface area (Å²) in [5.74, 6) is 0.985. The first-order valence-electron chi connectivity index (χ1n) is 6.83. The number of hydrogen-bond donors (Lipinski definition) is 1. The zero-order valence-electron chi connectivity index (χ0n) is 11.4. The lowest BCUT2D eigenvalue weighted by Crippen LogP contribution is -2.91. The maximum atomic E-state index is 5.59. The van der Waals surface area contributed by atoms with Crippen molar-refractivity contribution in [1.82, 2.24) is 0 Å². The van der Waals surface area contributed by atoms with Gasteiger partial charge in [-0.2, -0.15) is 0 Å². The van der Waals surface area contributed by atoms with E-state index in [4.69, 9.17) is 9.47 Å². The first-order valence-corrected chi connectivity index (χ1v) is 6.83. The van der Waals surface area contributed by atoms with E-state index in [-0.39, 0.29) is 0 Å². The highest BCUT2D eigenvalue weighted by atomic mass is 16.5. The minimum Gasteiger partial charge on any atom is -0.496 e. The Bertz CT molecular complexity index is 367. The summed E-state index contributed by atoms with van der Waals surface area (Å²) in [5, 5.41) is 2.41. The van der Waals surface area contributed by atoms with Crippen LogP contribution in [0.4, 0.5) is 0 Å². The van der Waals surface area contributed by atoms with E-state index < -0.39 is 0 Å². The molecule has 0 saturated heterocycles. The normalized spacial score (nSPS) is 23.9. The van der Waals surface area contributed by atoms with Crippen LogP contribution in [0.5, 0.6) is 5.75 Å². The Morgan fingerprint density at radius 2 is 1.94 bits per heavy atom. The van der Waals surface area contributed by atoms with Gasteiger partial charge in [-0.25, -0.2) is 0 Å². The molecule has 0 amide bonds. The van der Waals surface area contributed by atoms with Crippen molar-refractivity contribution in [2.75, 3.05) is 14.2 Å². The van der Waals surface area contributed by atoms with Crippen molar-refractivity contribution in [3.63, 3.8) is 0 Å². The summed E-state index contributed by atoms with van der Waals surface area (Å²) >= 11 is 0. The van der Waals surface area contributed by atoms with Crippen molar-refractivity contribution in [2.45, 2.75) is 44.4 Å². The lowest BCUT2D eigenvalue weighted by molar-refractivity contribution is -0.713. The van der Waals surface area contributed by atoms with E-state index in [1.165, 1.54) is 31.2 Å². The quantitative estimate of drug-likeness (QED) is 0.863. The van der Waals surface area contributed by atoms with Gasteiger partial charge in [0.15, 0.2) is 0 Å². The number of para-hydroxylation sites is 1. The second-order valence-corrected chi connectivity index (χ2v) is 4.97. The number of benzene rings is 1. The van der Waals surface area contributed by atoms with E-state index in [2.05, 4.69) is 17.4 Å². The number of quaternary nitrogens is 1. The summed E-state index contributed by atoms with van der Waals surface area (Å²) in [7, 11) is 3.57. The maximum Gasteiger partial charge on any atom is 0.127 e. The average Bonchev–Trinajstić information content (AvgIpc) is 2.45. The number of rotatable bonds is 5. The van der Waals surface area contributed by atoms with Crippen molar-refractivity contribution in [2.24, 2.45) is 0 Å². The summed E-state index contributed by atoms with van der Waals surface area (Å²) in [5.41, 5.74) is 1.26. The monoisotopic (exact) mass is 250 g/mol. The van der Waals surface area contributed by atoms with Crippen LogP contribution in [0.25, 0.3) is 0 Å². The number of ether oxygens (including phenoxy) is 2. The first kappa shape index (κ1) is 13.4. The molecule has 3 nitrogen and oxygen atoms in total. The van der Waals surface area contributed by atoms with Crippen LogP contribution in [0.2, 0.25) is 0 Å². The van der Waals surface area contributed by atoms with Gasteiger partial charge < -0.3 is 14.8 Å². The third-order valence-electron chi connectivity index (χ3n) is 3.89. The Labute approximate surface area is 109 Å². The smallest absolute Gasteiger partial charge is 0.127 e. The van der Waals surface area contributed by atoms with Gasteiger partial charge >= 0.3 is 0 Å². The van der Waals surface area contributed by atoms with Gasteiger partial charge in [-0.05, 0) is 25.0 Å². The van der Waals surface area contributed by atoms with Crippen molar-refractivity contribution in [1.29, 1.82) is 0 Å². The fraction of sp³-hybridized carbons (Fsp3) is 0.600. The van der Waals surface area contributed by atoms with E-state index in [0.717, 1.165) is 12.3 Å². The van der Waals surface area contributed by atoms with Crippen LogP contribution in [0.3, 0.4) is 0 Å². The highest BCUT2D eigenvalue weighted by Crippen LogP contribution is 2.19. The summed E-state index contributed by atoms with van der Waals surface area (Å²) in [4.78, 5) is 0. The molecule has 1 saturated carbocycles. The van der Waals surface area contributed by atoms with Gasteiger partial charge in [-0.15, -0.1) is 0 Å². The number of hydrogen-bond acceptors (Lipinski definition) is 2. The molecule has 3 heteroatoms. The van der Waals surface area contributed by atoms with E-state index in [9.17, 15) is 0 Å². The summed E-state index contributed by atoms with van der Waals surface area (Å²) < 4.78 is 11.0. The van der Waals surface area contributed by atoms with Crippen LogP contribution in [-0.2, 0) is 11.3 Å². The summed E-state index contributed by atoms with van der Waals surface area (Å²) in [6.07, 6.45) is 5.50. The summed E-state index contributed by atoms with van der Waals surface area (Å²) in [6.45, 7) is 0.967. The Balaban J connectivity index is 1.93. The van der Waals surface area contributed by atoms with Gasteiger partial charge in [0.2, 0.25) is 0 Å². The lowest BCUT2D eigenvalue weighted by atomic mass is 9.92. The molecular weight excluding hydrogens is 226 g/mol. The molecule has 1 aromatic carbocycles. The van der Waals surface area contributed by atoms with E-state index in [0.29, 0.717) is 12.1 Å². The Morgan fingerprint density at radius 3 is 2.72 bits per heavy atom. The highest BCUT2D eigenvalue weighted by molar-refractivity contribution is 5.32. The van der Waals surface area contributed by atoms with Crippen LogP contribution in [0.15, 0.2) is 24.3 Å². The topological polar surface area (TPSA) is 35.1 Å². The van der Waals surface area contributed by atoms with Crippen molar-refractivity contribution >= 4 is 0 Å². The fourth-order valence-electron chi connectivity index (χ4n) is 2.84. The van der Waals surface area contributed by atoms with E-state index in [1.807, 2.05) is 19.2 Å². The van der Waals surface area contributed by atoms with E-state index >= 15 is 0 Å². The largest absolute Gasteiger partial charge is 0.496 e. The molecule has 2 atom stereocenters. The predicted octanol–water partition coefficient (Wildman–Crippen LogP) is 1.72. The summed E-state index contributed by atoms with van der Waals surface area (Å²) in [6, 6.07) is 8.84. The van der Waals surface area contributed by atoms with Gasteiger partial charge in [-0.3, -0.25) is 0 Å². The maximum absolute atomic E-state index is 5.59. The van der Waals surface area contributed by atoms with Gasteiger partial charge in [0.05, 0.1) is 7.11 Å². The Hall–Kier alpha value is -1.06. The van der Waals surface area contributed by atoms with E-state index in [1.54, 1.807) is 7.11 Å². The average molecular weight is 250 g/mol. The Morgan fingerprint density at radius 1 is 1.17 bits per heavy atom. The molecule has 2 N–H and O–H groups in total. The third-order valence-corrected chi connectivity index (χ3v) is 3.89. The molecule has 18 heavy (non-hydrogen) atoms. The minimum absolute atomic E-state index is 0.411. The van der Waals surface area contributed by atoms with Crippen molar-refractivity contribution in [3.05, 3.63) is 29.8 Å². The molecule has 1 aromatic rings. The molecule has 0 unspecified atom stereocenters. The van der Waals surface area contributed by atoms with Crippen LogP contribution in [0.1, 0.15) is 31.2 Å². The highest BCUT2D eigenvalue weighted by Gasteiger charge is 2.27. The van der Waals surface area contributed by atoms with Crippen LogP contribution >= 0.6 is 0 Å². The molecule has 0 bridgehead atoms. The van der Waals surface area contributed by atoms with Crippen molar-refractivity contribution in [3.8, 4) is 5.75 Å². The molecule has 0 spiro atoms. The fourth-order valence-corrected chi connectivity index (χ4v) is 2.84. The molecule has 1 fully saturated rings. The SMILES string of the molecule is COc1ccccc1C[NH2+][C@H]1CCCC[C@@H]1OC. The minimum atomic E-state index is 0.411. The molecule has 100 valence electrons. The molecule has 0 radical (unpaired) electrons. The molecule has 0 aromatic heterocycles. The number of nitrogens with two attached hydrogens (primary N) is 1. The van der Waals surface area contributed by atoms with Gasteiger partial charge in [0.25, 0.3) is 0 Å². The zero-order valence-corrected chi connectivity index (χ0v) is 11.4. The zero-order chi connectivity index (χ0) is 12.8. The van der Waals surface area contributed by atoms with Crippen LogP contribution < -0.4 is 10.1 Å². The predicted molar refractivity (Wildman–Crippen MR) is 71.7 cm³/mol. The first-order chi connectivity index (χ1) is 8.85. The van der Waals surface area contributed by atoms with Crippen LogP contribution in [-0.4, -0.2) is 26.4 Å². The molecule has 0 heterocycles. The van der Waals surface area contributed by atoms with Gasteiger partial charge in [-0.1, -0.05) is 18.6 Å². The molecular formula is C15H24NO2+. The molecule has 1 aliphatic rings. The van der Waals surface area contributed by atoms with Crippen LogP contribution in [0, 0.1) is 0 Å². The van der Waals surface area contributed by atoms with Gasteiger partial charge in [0, 0.05) is 19.1 Å². The second-order valence-electron chi connectivity index (χ2n) is 4.97. The van der Waals surface area contributed by atoms with Gasteiger partial charge in [0.1, 0.15) is 24.4 Å². The molecule has 0 aliphatic heterocycles. The number of methoxy groups -OCH3 is 2. The second kappa shape index (κ2) is 6.76. The lowest BCUT2D eigenvalue weighted by Gasteiger charge is -2.28.